The third kappa shape index (κ3) is 4.75. The predicted molar refractivity (Wildman–Crippen MR) is 119 cm³/mol. The zero-order chi connectivity index (χ0) is 20.4. The number of hydrogen-bond acceptors (Lipinski definition) is 5. The highest BCUT2D eigenvalue weighted by Crippen LogP contribution is 2.29. The van der Waals surface area contributed by atoms with Crippen LogP contribution in [0.2, 0.25) is 5.02 Å². The molecule has 0 aliphatic heterocycles. The SMILES string of the molecule is C.O=S(CCc1cn[nH]c1)c1ccc(Cl)cc1NS(=O)(=O)c1cc2ccccc2o1. The Morgan fingerprint density at radius 1 is 1.17 bits per heavy atom. The van der Waals surface area contributed by atoms with Gasteiger partial charge in [-0.25, -0.2) is 0 Å². The van der Waals surface area contributed by atoms with Crippen molar-refractivity contribution in [2.45, 2.75) is 23.8 Å². The second-order valence-corrected chi connectivity index (χ2v) is 9.84. The quantitative estimate of drug-likeness (QED) is 0.415. The smallest absolute Gasteiger partial charge is 0.295 e. The zero-order valence-corrected chi connectivity index (χ0v) is 17.4. The molecule has 0 aliphatic rings. The minimum atomic E-state index is -4.03. The van der Waals surface area contributed by atoms with E-state index in [1.54, 1.807) is 48.8 Å². The lowest BCUT2D eigenvalue weighted by Crippen LogP contribution is -2.14. The van der Waals surface area contributed by atoms with Gasteiger partial charge in [-0.1, -0.05) is 37.2 Å². The van der Waals surface area contributed by atoms with E-state index in [-0.39, 0.29) is 18.2 Å². The van der Waals surface area contributed by atoms with E-state index in [0.29, 0.717) is 33.1 Å². The molecule has 0 spiro atoms. The standard InChI is InChI=1S/C19H16ClN3O4S2.CH4/c20-15-5-6-18(28(24)8-7-13-11-21-22-12-13)16(10-15)23-29(25,26)19-9-14-3-1-2-4-17(14)27-19;/h1-6,9-12,23H,7-8H2,(H,21,22);1H4. The summed E-state index contributed by atoms with van der Waals surface area (Å²) in [6.45, 7) is 0. The number of nitrogens with one attached hydrogen (secondary N) is 2. The highest BCUT2D eigenvalue weighted by Gasteiger charge is 2.22. The molecule has 30 heavy (non-hydrogen) atoms. The molecule has 7 nitrogen and oxygen atoms in total. The molecule has 4 rings (SSSR count). The molecule has 1 unspecified atom stereocenters. The number of fused-ring (bicyclic) bond motifs is 1. The number of aromatic amines is 1. The first kappa shape index (κ1) is 22.1. The Kier molecular flexibility index (Phi) is 6.64. The van der Waals surface area contributed by atoms with Crippen molar-refractivity contribution in [1.29, 1.82) is 0 Å². The molecule has 0 aliphatic carbocycles. The molecule has 0 radical (unpaired) electrons. The summed E-state index contributed by atoms with van der Waals surface area (Å²) < 4.78 is 46.4. The van der Waals surface area contributed by atoms with Gasteiger partial charge in [-0.2, -0.15) is 13.5 Å². The fraction of sp³-hybridized carbons (Fsp3) is 0.150. The van der Waals surface area contributed by atoms with E-state index in [1.807, 2.05) is 0 Å². The first-order valence-electron chi connectivity index (χ1n) is 8.59. The molecular formula is C20H20ClN3O4S2. The Bertz CT molecular complexity index is 1250. The minimum absolute atomic E-state index is 0. The van der Waals surface area contributed by atoms with E-state index in [4.69, 9.17) is 16.0 Å². The number of anilines is 1. The Morgan fingerprint density at radius 2 is 1.97 bits per heavy atom. The van der Waals surface area contributed by atoms with Crippen molar-refractivity contribution >= 4 is 49.1 Å². The van der Waals surface area contributed by atoms with Crippen molar-refractivity contribution in [1.82, 2.24) is 10.2 Å². The Labute approximate surface area is 182 Å². The molecule has 0 bridgehead atoms. The molecule has 2 aromatic heterocycles. The summed E-state index contributed by atoms with van der Waals surface area (Å²) in [6, 6.07) is 13.0. The normalized spacial score (nSPS) is 12.4. The average molecular weight is 466 g/mol. The van der Waals surface area contributed by atoms with Crippen LogP contribution in [0.5, 0.6) is 0 Å². The third-order valence-corrected chi connectivity index (χ3v) is 7.11. The minimum Gasteiger partial charge on any atom is -0.443 e. The van der Waals surface area contributed by atoms with Crippen LogP contribution in [0.4, 0.5) is 5.69 Å². The van der Waals surface area contributed by atoms with Gasteiger partial charge in [0.2, 0.25) is 5.09 Å². The molecule has 10 heteroatoms. The number of H-pyrrole nitrogens is 1. The highest BCUT2D eigenvalue weighted by molar-refractivity contribution is 7.92. The number of sulfonamides is 1. The van der Waals surface area contributed by atoms with Gasteiger partial charge in [-0.3, -0.25) is 14.0 Å². The monoisotopic (exact) mass is 465 g/mol. The van der Waals surface area contributed by atoms with E-state index in [9.17, 15) is 12.6 Å². The van der Waals surface area contributed by atoms with Gasteiger partial charge in [-0.15, -0.1) is 0 Å². The number of aromatic nitrogens is 2. The van der Waals surface area contributed by atoms with E-state index in [1.165, 1.54) is 12.1 Å². The lowest BCUT2D eigenvalue weighted by Gasteiger charge is -2.12. The topological polar surface area (TPSA) is 105 Å². The number of benzene rings is 2. The summed E-state index contributed by atoms with van der Waals surface area (Å²) in [5.74, 6) is 0.306. The second-order valence-electron chi connectivity index (χ2n) is 6.26. The summed E-state index contributed by atoms with van der Waals surface area (Å²) in [5, 5.41) is 7.33. The molecular weight excluding hydrogens is 446 g/mol. The molecule has 2 aromatic carbocycles. The van der Waals surface area contributed by atoms with Crippen molar-refractivity contribution in [2.24, 2.45) is 0 Å². The van der Waals surface area contributed by atoms with Gasteiger partial charge < -0.3 is 4.42 Å². The first-order chi connectivity index (χ1) is 13.9. The van der Waals surface area contributed by atoms with Crippen LogP contribution in [-0.2, 0) is 27.2 Å². The predicted octanol–water partition coefficient (Wildman–Crippen LogP) is 4.60. The van der Waals surface area contributed by atoms with Crippen LogP contribution < -0.4 is 4.72 Å². The maximum atomic E-state index is 12.8. The van der Waals surface area contributed by atoms with Crippen LogP contribution in [0.3, 0.4) is 0 Å². The summed E-state index contributed by atoms with van der Waals surface area (Å²) >= 11 is 6.05. The van der Waals surface area contributed by atoms with E-state index >= 15 is 0 Å². The number of rotatable bonds is 7. The lowest BCUT2D eigenvalue weighted by atomic mass is 10.3. The van der Waals surface area contributed by atoms with Crippen LogP contribution in [0.1, 0.15) is 13.0 Å². The molecule has 0 amide bonds. The van der Waals surface area contributed by atoms with Crippen molar-refractivity contribution in [2.75, 3.05) is 10.5 Å². The molecule has 158 valence electrons. The maximum absolute atomic E-state index is 12.8. The number of halogens is 1. The molecule has 0 fully saturated rings. The number of nitrogens with zero attached hydrogens (tertiary/aromatic N) is 1. The molecule has 4 aromatic rings. The van der Waals surface area contributed by atoms with E-state index in [0.717, 1.165) is 5.56 Å². The van der Waals surface area contributed by atoms with Crippen molar-refractivity contribution in [3.8, 4) is 0 Å². The van der Waals surface area contributed by atoms with Gasteiger partial charge in [-0.05, 0) is 36.2 Å². The zero-order valence-electron chi connectivity index (χ0n) is 15.0. The number of para-hydroxylation sites is 1. The molecule has 2 N–H and O–H groups in total. The molecule has 2 heterocycles. The Hall–Kier alpha value is -2.62. The van der Waals surface area contributed by atoms with Crippen LogP contribution in [0.25, 0.3) is 11.0 Å². The number of hydrogen-bond donors (Lipinski definition) is 2. The number of aryl methyl sites for hydroxylation is 1. The van der Waals surface area contributed by atoms with Crippen LogP contribution >= 0.6 is 11.6 Å². The average Bonchev–Trinajstić information content (AvgIpc) is 3.36. The van der Waals surface area contributed by atoms with Crippen LogP contribution in [-0.4, -0.2) is 28.6 Å². The van der Waals surface area contributed by atoms with Gasteiger partial charge in [0.15, 0.2) is 0 Å². The lowest BCUT2D eigenvalue weighted by molar-refractivity contribution is 0.484. The van der Waals surface area contributed by atoms with Crippen LogP contribution in [0, 0.1) is 0 Å². The van der Waals surface area contributed by atoms with Crippen molar-refractivity contribution in [3.63, 3.8) is 0 Å². The van der Waals surface area contributed by atoms with Gasteiger partial charge in [0.1, 0.15) is 5.58 Å². The second kappa shape index (κ2) is 9.03. The first-order valence-corrected chi connectivity index (χ1v) is 11.8. The van der Waals surface area contributed by atoms with E-state index in [2.05, 4.69) is 14.9 Å². The van der Waals surface area contributed by atoms with Crippen LogP contribution in [0.15, 0.2) is 75.3 Å². The van der Waals surface area contributed by atoms with Gasteiger partial charge in [0.05, 0.1) is 27.6 Å². The summed E-state index contributed by atoms with van der Waals surface area (Å²) in [5.41, 5.74) is 1.53. The largest absolute Gasteiger partial charge is 0.443 e. The summed E-state index contributed by atoms with van der Waals surface area (Å²) in [7, 11) is -5.48. The summed E-state index contributed by atoms with van der Waals surface area (Å²) in [4.78, 5) is 0.345. The van der Waals surface area contributed by atoms with Gasteiger partial charge in [0.25, 0.3) is 10.0 Å². The summed E-state index contributed by atoms with van der Waals surface area (Å²) in [6.07, 6.45) is 3.91. The Balaban J connectivity index is 0.00000256. The van der Waals surface area contributed by atoms with Gasteiger partial charge in [0, 0.05) is 28.4 Å². The highest BCUT2D eigenvalue weighted by atomic mass is 35.5. The maximum Gasteiger partial charge on any atom is 0.295 e. The number of furan rings is 1. The molecule has 0 saturated heterocycles. The Morgan fingerprint density at radius 3 is 2.70 bits per heavy atom. The van der Waals surface area contributed by atoms with E-state index < -0.39 is 20.8 Å². The molecule has 1 atom stereocenters. The van der Waals surface area contributed by atoms with Gasteiger partial charge >= 0.3 is 0 Å². The van der Waals surface area contributed by atoms with Crippen molar-refractivity contribution in [3.05, 3.63) is 71.5 Å². The molecule has 0 saturated carbocycles. The fourth-order valence-corrected chi connectivity index (χ4v) is 5.29. The third-order valence-electron chi connectivity index (χ3n) is 4.23. The van der Waals surface area contributed by atoms with Crippen molar-refractivity contribution < 1.29 is 17.0 Å². The fourth-order valence-electron chi connectivity index (χ4n) is 2.80.